The van der Waals surface area contributed by atoms with Gasteiger partial charge in [0, 0.05) is 0 Å². The first-order valence-corrected chi connectivity index (χ1v) is 13.3. The van der Waals surface area contributed by atoms with Crippen molar-refractivity contribution in [3.05, 3.63) is 0 Å². The van der Waals surface area contributed by atoms with Gasteiger partial charge in [0.2, 0.25) is 0 Å². The van der Waals surface area contributed by atoms with Gasteiger partial charge < -0.3 is 10.2 Å². The molecule has 0 aliphatic heterocycles. The minimum atomic E-state index is -0.143. The predicted molar refractivity (Wildman–Crippen MR) is 125 cm³/mol. The zero-order valence-electron chi connectivity index (χ0n) is 20.8. The number of fused-ring (bicyclic) bond motifs is 5. The number of aliphatic hydroxyl groups is 2. The van der Waals surface area contributed by atoms with Crippen LogP contribution in [-0.4, -0.2) is 22.4 Å². The first-order valence-electron chi connectivity index (χ1n) is 13.3. The summed E-state index contributed by atoms with van der Waals surface area (Å²) in [5.74, 6) is 4.50. The molecule has 0 saturated heterocycles. The smallest absolute Gasteiger partial charge is 0.0568 e. The van der Waals surface area contributed by atoms with Gasteiger partial charge in [0.25, 0.3) is 0 Å². The van der Waals surface area contributed by atoms with Crippen molar-refractivity contribution in [2.45, 2.75) is 124 Å². The Labute approximate surface area is 186 Å². The Hall–Kier alpha value is -0.0800. The highest BCUT2D eigenvalue weighted by molar-refractivity contribution is 5.10. The maximum Gasteiger partial charge on any atom is 0.0568 e. The van der Waals surface area contributed by atoms with Crippen LogP contribution in [-0.2, 0) is 0 Å². The van der Waals surface area contributed by atoms with Crippen LogP contribution in [0.3, 0.4) is 0 Å². The fourth-order valence-electron chi connectivity index (χ4n) is 9.25. The number of hydrogen-bond acceptors (Lipinski definition) is 2. The SMILES string of the molecule is CC(C(O)CCC(C)(C)C)C1CCC2C3CCC4CC(O)CCC4(C)C3CCC12C. The zero-order chi connectivity index (χ0) is 21.9. The van der Waals surface area contributed by atoms with E-state index < -0.39 is 0 Å². The molecule has 2 heteroatoms. The molecule has 2 N–H and O–H groups in total. The third-order valence-corrected chi connectivity index (χ3v) is 11.1. The average molecular weight is 419 g/mol. The molecule has 4 rings (SSSR count). The summed E-state index contributed by atoms with van der Waals surface area (Å²) < 4.78 is 0. The first kappa shape index (κ1) is 23.1. The molecule has 4 aliphatic rings. The summed E-state index contributed by atoms with van der Waals surface area (Å²) >= 11 is 0. The summed E-state index contributed by atoms with van der Waals surface area (Å²) in [6.07, 6.45) is 13.4. The standard InChI is InChI=1S/C28H50O2/c1-18(25(30)13-14-26(2,3)4)22-9-10-23-21-8-7-19-17-20(29)11-15-27(19,5)24(21)12-16-28(22,23)6/h18-25,29-30H,7-17H2,1-6H3. The molecule has 2 nitrogen and oxygen atoms in total. The predicted octanol–water partition coefficient (Wildman–Crippen LogP) is 6.83. The van der Waals surface area contributed by atoms with Crippen LogP contribution in [0.5, 0.6) is 0 Å². The van der Waals surface area contributed by atoms with Crippen LogP contribution in [0.15, 0.2) is 0 Å². The zero-order valence-corrected chi connectivity index (χ0v) is 20.8. The van der Waals surface area contributed by atoms with Crippen molar-refractivity contribution in [3.8, 4) is 0 Å². The lowest BCUT2D eigenvalue weighted by molar-refractivity contribution is -0.132. The van der Waals surface area contributed by atoms with Gasteiger partial charge >= 0.3 is 0 Å². The van der Waals surface area contributed by atoms with E-state index in [9.17, 15) is 10.2 Å². The first-order chi connectivity index (χ1) is 14.0. The van der Waals surface area contributed by atoms with Crippen molar-refractivity contribution < 1.29 is 10.2 Å². The highest BCUT2D eigenvalue weighted by Gasteiger charge is 2.60. The summed E-state index contributed by atoms with van der Waals surface area (Å²) in [5.41, 5.74) is 1.21. The lowest BCUT2D eigenvalue weighted by atomic mass is 9.44. The molecule has 4 aliphatic carbocycles. The van der Waals surface area contributed by atoms with E-state index in [0.717, 1.165) is 49.4 Å². The van der Waals surface area contributed by atoms with Gasteiger partial charge in [-0.25, -0.2) is 0 Å². The molecule has 0 bridgehead atoms. The van der Waals surface area contributed by atoms with Crippen LogP contribution < -0.4 is 0 Å². The molecular weight excluding hydrogens is 368 g/mol. The fraction of sp³-hybridized carbons (Fsp3) is 1.00. The molecule has 0 aromatic rings. The van der Waals surface area contributed by atoms with E-state index in [2.05, 4.69) is 41.5 Å². The molecule has 4 saturated carbocycles. The molecule has 0 aromatic heterocycles. The van der Waals surface area contributed by atoms with Gasteiger partial charge in [-0.05, 0) is 122 Å². The van der Waals surface area contributed by atoms with Crippen LogP contribution in [0.1, 0.15) is 112 Å². The van der Waals surface area contributed by atoms with E-state index in [4.69, 9.17) is 0 Å². The third-order valence-electron chi connectivity index (χ3n) is 11.1. The minimum absolute atomic E-state index is 0.0419. The molecule has 0 spiro atoms. The van der Waals surface area contributed by atoms with Crippen LogP contribution in [0.25, 0.3) is 0 Å². The summed E-state index contributed by atoms with van der Waals surface area (Å²) in [4.78, 5) is 0. The lowest BCUT2D eigenvalue weighted by Crippen LogP contribution is -2.54. The Morgan fingerprint density at radius 1 is 0.900 bits per heavy atom. The van der Waals surface area contributed by atoms with E-state index in [-0.39, 0.29) is 12.2 Å². The van der Waals surface area contributed by atoms with Crippen molar-refractivity contribution in [2.75, 3.05) is 0 Å². The quantitative estimate of drug-likeness (QED) is 0.525. The van der Waals surface area contributed by atoms with Gasteiger partial charge in [-0.2, -0.15) is 0 Å². The Bertz CT molecular complexity index is 608. The van der Waals surface area contributed by atoms with Gasteiger partial charge in [0.1, 0.15) is 0 Å². The second-order valence-electron chi connectivity index (χ2n) is 13.8. The molecule has 0 amide bonds. The van der Waals surface area contributed by atoms with E-state index >= 15 is 0 Å². The number of hydrogen-bond donors (Lipinski definition) is 2. The molecule has 10 unspecified atom stereocenters. The van der Waals surface area contributed by atoms with Crippen LogP contribution >= 0.6 is 0 Å². The molecule has 30 heavy (non-hydrogen) atoms. The van der Waals surface area contributed by atoms with Crippen LogP contribution in [0.4, 0.5) is 0 Å². The molecule has 0 radical (unpaired) electrons. The average Bonchev–Trinajstić information content (AvgIpc) is 3.02. The number of rotatable bonds is 4. The van der Waals surface area contributed by atoms with Crippen LogP contribution in [0.2, 0.25) is 0 Å². The van der Waals surface area contributed by atoms with Crippen molar-refractivity contribution >= 4 is 0 Å². The monoisotopic (exact) mass is 418 g/mol. The third kappa shape index (κ3) is 3.91. The van der Waals surface area contributed by atoms with Crippen molar-refractivity contribution in [1.82, 2.24) is 0 Å². The van der Waals surface area contributed by atoms with Gasteiger partial charge in [-0.1, -0.05) is 41.5 Å². The summed E-state index contributed by atoms with van der Waals surface area (Å²) in [6.45, 7) is 14.4. The van der Waals surface area contributed by atoms with Crippen molar-refractivity contribution in [2.24, 2.45) is 51.8 Å². The Kier molecular flexibility index (Phi) is 6.20. The van der Waals surface area contributed by atoms with Crippen LogP contribution in [0, 0.1) is 51.8 Å². The molecule has 0 heterocycles. The second-order valence-corrected chi connectivity index (χ2v) is 13.8. The van der Waals surface area contributed by atoms with E-state index in [1.807, 2.05) is 0 Å². The molecular formula is C28H50O2. The van der Waals surface area contributed by atoms with Gasteiger partial charge in [0.15, 0.2) is 0 Å². The Morgan fingerprint density at radius 3 is 2.27 bits per heavy atom. The maximum atomic E-state index is 11.1. The highest BCUT2D eigenvalue weighted by atomic mass is 16.3. The normalized spacial score (nSPS) is 48.4. The van der Waals surface area contributed by atoms with E-state index in [0.29, 0.717) is 28.1 Å². The Morgan fingerprint density at radius 2 is 1.57 bits per heavy atom. The summed E-state index contributed by atoms with van der Waals surface area (Å²) in [5, 5.41) is 21.3. The van der Waals surface area contributed by atoms with E-state index in [1.54, 1.807) is 0 Å². The number of aliphatic hydroxyl groups excluding tert-OH is 2. The molecule has 174 valence electrons. The topological polar surface area (TPSA) is 40.5 Å². The van der Waals surface area contributed by atoms with Gasteiger partial charge in [-0.15, -0.1) is 0 Å². The molecule has 0 aromatic carbocycles. The molecule has 10 atom stereocenters. The minimum Gasteiger partial charge on any atom is -0.393 e. The molecule has 4 fully saturated rings. The summed E-state index contributed by atoms with van der Waals surface area (Å²) in [6, 6.07) is 0. The fourth-order valence-corrected chi connectivity index (χ4v) is 9.25. The second kappa shape index (κ2) is 8.05. The summed E-state index contributed by atoms with van der Waals surface area (Å²) in [7, 11) is 0. The van der Waals surface area contributed by atoms with Crippen molar-refractivity contribution in [3.63, 3.8) is 0 Å². The van der Waals surface area contributed by atoms with Crippen molar-refractivity contribution in [1.29, 1.82) is 0 Å². The highest BCUT2D eigenvalue weighted by Crippen LogP contribution is 2.68. The van der Waals surface area contributed by atoms with E-state index in [1.165, 1.54) is 44.9 Å². The van der Waals surface area contributed by atoms with Gasteiger partial charge in [-0.3, -0.25) is 0 Å². The van der Waals surface area contributed by atoms with Gasteiger partial charge in [0.05, 0.1) is 12.2 Å². The Balaban J connectivity index is 1.47. The lowest BCUT2D eigenvalue weighted by Gasteiger charge is -2.61. The largest absolute Gasteiger partial charge is 0.393 e. The maximum absolute atomic E-state index is 11.1.